The molecule has 0 saturated carbocycles. The van der Waals surface area contributed by atoms with Crippen LogP contribution in [-0.4, -0.2) is 43.7 Å². The average Bonchev–Trinajstić information content (AvgIpc) is 2.57. The first-order valence-electron chi connectivity index (χ1n) is 7.80. The molecule has 2 N–H and O–H groups in total. The highest BCUT2D eigenvalue weighted by molar-refractivity contribution is 7.85. The van der Waals surface area contributed by atoms with E-state index >= 15 is 0 Å². The largest absolute Gasteiger partial charge is 0.350 e. The summed E-state index contributed by atoms with van der Waals surface area (Å²) in [5.74, 6) is -0.483. The number of hydrogen-bond acceptors (Lipinski definition) is 6. The molecule has 3 aromatic rings. The van der Waals surface area contributed by atoms with Crippen LogP contribution >= 0.6 is 0 Å². The highest BCUT2D eigenvalue weighted by Gasteiger charge is 2.15. The van der Waals surface area contributed by atoms with E-state index in [2.05, 4.69) is 19.5 Å². The van der Waals surface area contributed by atoms with Crippen molar-refractivity contribution in [2.45, 2.75) is 6.92 Å². The molecule has 3 rings (SSSR count). The van der Waals surface area contributed by atoms with Crippen LogP contribution in [0.3, 0.4) is 0 Å². The van der Waals surface area contributed by atoms with Crippen LogP contribution in [0.5, 0.6) is 0 Å². The highest BCUT2D eigenvalue weighted by Crippen LogP contribution is 2.22. The number of fused-ring (bicyclic) bond motifs is 2. The molecule has 2 aromatic heterocycles. The number of benzene rings is 1. The fourth-order valence-electron chi connectivity index (χ4n) is 2.63. The summed E-state index contributed by atoms with van der Waals surface area (Å²) in [6.07, 6.45) is 2.23. The van der Waals surface area contributed by atoms with Crippen molar-refractivity contribution >= 4 is 37.8 Å². The smallest absolute Gasteiger partial charge is 0.264 e. The lowest BCUT2D eigenvalue weighted by molar-refractivity contribution is 0.0948. The zero-order valence-corrected chi connectivity index (χ0v) is 15.0. The van der Waals surface area contributed by atoms with Crippen LogP contribution < -0.4 is 10.9 Å². The van der Waals surface area contributed by atoms with Gasteiger partial charge in [-0.25, -0.2) is 4.98 Å². The topological polar surface area (TPSA) is 118 Å². The van der Waals surface area contributed by atoms with E-state index in [9.17, 15) is 18.0 Å². The van der Waals surface area contributed by atoms with Crippen molar-refractivity contribution in [3.8, 4) is 0 Å². The quantitative estimate of drug-likeness (QED) is 0.391. The Morgan fingerprint density at radius 2 is 2.08 bits per heavy atom. The molecule has 0 atom stereocenters. The Morgan fingerprint density at radius 3 is 2.81 bits per heavy atom. The molecule has 0 fully saturated rings. The van der Waals surface area contributed by atoms with Crippen molar-refractivity contribution in [2.24, 2.45) is 0 Å². The molecular weight excluding hydrogens is 358 g/mol. The third kappa shape index (κ3) is 3.73. The molecule has 0 bridgehead atoms. The number of nitrogens with zero attached hydrogens (tertiary/aromatic N) is 1. The maximum absolute atomic E-state index is 12.4. The predicted octanol–water partition coefficient (Wildman–Crippen LogP) is 1.09. The number of aromatic amines is 1. The maximum Gasteiger partial charge on any atom is 0.264 e. The van der Waals surface area contributed by atoms with Gasteiger partial charge in [-0.2, -0.15) is 8.42 Å². The Hall–Kier alpha value is -2.78. The highest BCUT2D eigenvalue weighted by atomic mass is 32.2. The van der Waals surface area contributed by atoms with E-state index in [1.165, 1.54) is 6.20 Å². The normalized spacial score (nSPS) is 11.8. The number of pyridine rings is 2. The minimum Gasteiger partial charge on any atom is -0.350 e. The van der Waals surface area contributed by atoms with E-state index in [1.807, 2.05) is 25.1 Å². The summed E-state index contributed by atoms with van der Waals surface area (Å²) in [7, 11) is -3.57. The first kappa shape index (κ1) is 18.0. The van der Waals surface area contributed by atoms with Crippen molar-refractivity contribution in [2.75, 3.05) is 19.4 Å². The summed E-state index contributed by atoms with van der Waals surface area (Å²) in [5.41, 5.74) is 1.78. The molecular formula is C17H17N3O5S. The predicted molar refractivity (Wildman–Crippen MR) is 97.7 cm³/mol. The van der Waals surface area contributed by atoms with E-state index in [-0.39, 0.29) is 29.8 Å². The lowest BCUT2D eigenvalue weighted by Crippen LogP contribution is -2.29. The second kappa shape index (κ2) is 6.85. The lowest BCUT2D eigenvalue weighted by Gasteiger charge is -2.09. The fraction of sp³-hybridized carbons (Fsp3) is 0.235. The van der Waals surface area contributed by atoms with Crippen LogP contribution in [0.1, 0.15) is 15.9 Å². The van der Waals surface area contributed by atoms with Gasteiger partial charge in [0, 0.05) is 18.1 Å². The van der Waals surface area contributed by atoms with Crippen molar-refractivity contribution < 1.29 is 17.4 Å². The number of hydrogen-bond donors (Lipinski definition) is 2. The van der Waals surface area contributed by atoms with Crippen molar-refractivity contribution in [3.63, 3.8) is 0 Å². The molecule has 9 heteroatoms. The molecule has 0 radical (unpaired) electrons. The molecule has 8 nitrogen and oxygen atoms in total. The van der Waals surface area contributed by atoms with Crippen LogP contribution in [0, 0.1) is 6.92 Å². The summed E-state index contributed by atoms with van der Waals surface area (Å²) in [6.45, 7) is 1.72. The molecule has 0 aliphatic rings. The summed E-state index contributed by atoms with van der Waals surface area (Å²) >= 11 is 0. The second-order valence-corrected chi connectivity index (χ2v) is 7.49. The minimum absolute atomic E-state index is 0.000861. The standard InChI is InChI=1S/C17H17N3O5S/c1-10-4-3-5-11-8-12-15(20-14(10)11)13(9-19-16(12)21)17(22)18-6-7-25-26(2,23)24/h3-5,8-9H,6-7H2,1-2H3,(H,18,22)(H,19,21). The molecule has 1 amide bonds. The molecule has 2 heterocycles. The van der Waals surface area contributed by atoms with Gasteiger partial charge in [-0.05, 0) is 18.6 Å². The number of aryl methyl sites for hydroxylation is 1. The van der Waals surface area contributed by atoms with Gasteiger partial charge in [0.2, 0.25) is 0 Å². The van der Waals surface area contributed by atoms with Crippen LogP contribution in [0.2, 0.25) is 0 Å². The lowest BCUT2D eigenvalue weighted by atomic mass is 10.1. The van der Waals surface area contributed by atoms with Crippen LogP contribution in [0.25, 0.3) is 21.8 Å². The summed E-state index contributed by atoms with van der Waals surface area (Å²) < 4.78 is 26.4. The number of carbonyl (C=O) groups excluding carboxylic acids is 1. The van der Waals surface area contributed by atoms with Crippen LogP contribution in [-0.2, 0) is 14.3 Å². The third-order valence-corrected chi connectivity index (χ3v) is 4.42. The summed E-state index contributed by atoms with van der Waals surface area (Å²) in [6, 6.07) is 7.32. The molecule has 0 aliphatic carbocycles. The monoisotopic (exact) mass is 375 g/mol. The Bertz CT molecular complexity index is 1170. The van der Waals surface area contributed by atoms with Gasteiger partial charge in [0.05, 0.1) is 34.8 Å². The number of rotatable bonds is 5. The van der Waals surface area contributed by atoms with Gasteiger partial charge in [-0.15, -0.1) is 0 Å². The zero-order chi connectivity index (χ0) is 18.9. The van der Waals surface area contributed by atoms with E-state index in [0.29, 0.717) is 10.9 Å². The minimum atomic E-state index is -3.57. The van der Waals surface area contributed by atoms with Gasteiger partial charge in [-0.3, -0.25) is 13.8 Å². The number of nitrogens with one attached hydrogen (secondary N) is 2. The van der Waals surface area contributed by atoms with Gasteiger partial charge in [0.15, 0.2) is 0 Å². The van der Waals surface area contributed by atoms with E-state index in [1.54, 1.807) is 6.07 Å². The van der Waals surface area contributed by atoms with Gasteiger partial charge < -0.3 is 10.3 Å². The van der Waals surface area contributed by atoms with Crippen molar-refractivity contribution in [1.29, 1.82) is 0 Å². The Balaban J connectivity index is 1.98. The molecule has 0 saturated heterocycles. The van der Waals surface area contributed by atoms with E-state index in [4.69, 9.17) is 0 Å². The van der Waals surface area contributed by atoms with E-state index in [0.717, 1.165) is 17.2 Å². The van der Waals surface area contributed by atoms with Crippen molar-refractivity contribution in [3.05, 3.63) is 51.9 Å². The second-order valence-electron chi connectivity index (χ2n) is 5.84. The van der Waals surface area contributed by atoms with Gasteiger partial charge in [0.25, 0.3) is 21.6 Å². The Kier molecular flexibility index (Phi) is 4.75. The number of amides is 1. The maximum atomic E-state index is 12.4. The Labute approximate surface area is 149 Å². The van der Waals surface area contributed by atoms with E-state index < -0.39 is 16.0 Å². The Morgan fingerprint density at radius 1 is 1.31 bits per heavy atom. The first-order chi connectivity index (χ1) is 12.3. The zero-order valence-electron chi connectivity index (χ0n) is 14.2. The number of H-pyrrole nitrogens is 1. The molecule has 1 aromatic carbocycles. The number of aromatic nitrogens is 2. The molecule has 0 spiro atoms. The number of carbonyl (C=O) groups is 1. The fourth-order valence-corrected chi connectivity index (χ4v) is 3.02. The number of para-hydroxylation sites is 1. The van der Waals surface area contributed by atoms with Crippen LogP contribution in [0.15, 0.2) is 35.3 Å². The average molecular weight is 375 g/mol. The molecule has 0 aliphatic heterocycles. The van der Waals surface area contributed by atoms with Gasteiger partial charge >= 0.3 is 0 Å². The molecule has 26 heavy (non-hydrogen) atoms. The molecule has 0 unspecified atom stereocenters. The SMILES string of the molecule is Cc1cccc2cc3c(=O)[nH]cc(C(=O)NCCOS(C)(=O)=O)c3nc12. The molecule has 136 valence electrons. The first-order valence-corrected chi connectivity index (χ1v) is 9.62. The summed E-state index contributed by atoms with van der Waals surface area (Å²) in [4.78, 5) is 31.6. The van der Waals surface area contributed by atoms with Crippen LogP contribution in [0.4, 0.5) is 0 Å². The van der Waals surface area contributed by atoms with Gasteiger partial charge in [0.1, 0.15) is 0 Å². The third-order valence-electron chi connectivity index (χ3n) is 3.82. The van der Waals surface area contributed by atoms with Crippen molar-refractivity contribution in [1.82, 2.24) is 15.3 Å². The van der Waals surface area contributed by atoms with Gasteiger partial charge in [-0.1, -0.05) is 18.2 Å². The summed E-state index contributed by atoms with van der Waals surface area (Å²) in [5, 5.41) is 3.67.